The van der Waals surface area contributed by atoms with E-state index in [2.05, 4.69) is 47.7 Å². The van der Waals surface area contributed by atoms with Gasteiger partial charge in [0.2, 0.25) is 5.96 Å². The monoisotopic (exact) mass is 420 g/mol. The Morgan fingerprint density at radius 1 is 1.13 bits per heavy atom. The zero-order valence-corrected chi connectivity index (χ0v) is 17.2. The molecule has 3 aromatic rings. The lowest BCUT2D eigenvalue weighted by Crippen LogP contribution is -2.44. The van der Waals surface area contributed by atoms with E-state index in [0.29, 0.717) is 17.5 Å². The predicted octanol–water partition coefficient (Wildman–Crippen LogP) is 1.78. The number of aromatic nitrogens is 3. The lowest BCUT2D eigenvalue weighted by molar-refractivity contribution is -0.115. The smallest absolute Gasteiger partial charge is 0.276 e. The molecule has 30 heavy (non-hydrogen) atoms. The Morgan fingerprint density at radius 3 is 2.80 bits per heavy atom. The summed E-state index contributed by atoms with van der Waals surface area (Å²) < 4.78 is 1.07. The molecule has 10 heteroatoms. The number of likely N-dealkylation sites (N-methyl/N-ethyl adjacent to an activating group) is 1. The summed E-state index contributed by atoms with van der Waals surface area (Å²) in [4.78, 5) is 25.4. The number of carbonyl (C=O) groups is 1. The molecular weight excluding hydrogens is 400 g/mol. The minimum Gasteiger partial charge on any atom is -0.353 e. The van der Waals surface area contributed by atoms with Gasteiger partial charge in [0, 0.05) is 26.2 Å². The highest BCUT2D eigenvalue weighted by molar-refractivity contribution is 7.16. The average molecular weight is 421 g/mol. The van der Waals surface area contributed by atoms with Gasteiger partial charge in [-0.2, -0.15) is 0 Å². The van der Waals surface area contributed by atoms with Crippen LogP contribution in [0.2, 0.25) is 0 Å². The van der Waals surface area contributed by atoms with E-state index in [1.165, 1.54) is 0 Å². The molecule has 152 valence electrons. The largest absolute Gasteiger partial charge is 0.353 e. The van der Waals surface area contributed by atoms with Crippen LogP contribution in [0.25, 0.3) is 16.3 Å². The fourth-order valence-electron chi connectivity index (χ4n) is 3.36. The third-order valence-corrected chi connectivity index (χ3v) is 5.87. The molecule has 1 fully saturated rings. The molecule has 2 aliphatic heterocycles. The van der Waals surface area contributed by atoms with E-state index in [1.807, 2.05) is 30.3 Å². The van der Waals surface area contributed by atoms with Crippen molar-refractivity contribution in [1.29, 1.82) is 0 Å². The number of fused-ring (bicyclic) bond motifs is 1. The summed E-state index contributed by atoms with van der Waals surface area (Å²) in [6, 6.07) is 9.63. The number of carbonyl (C=O) groups excluding carboxylic acids is 1. The number of nitrogens with zero attached hydrogens (tertiary/aromatic N) is 6. The Morgan fingerprint density at radius 2 is 2.00 bits per heavy atom. The van der Waals surface area contributed by atoms with Crippen LogP contribution in [-0.2, 0) is 4.79 Å². The predicted molar refractivity (Wildman–Crippen MR) is 119 cm³/mol. The molecule has 0 unspecified atom stereocenters. The maximum absolute atomic E-state index is 12.3. The summed E-state index contributed by atoms with van der Waals surface area (Å²) in [6.45, 7) is 3.88. The van der Waals surface area contributed by atoms with Crippen LogP contribution in [0.15, 0.2) is 46.5 Å². The molecular formula is C20H20N8OS. The molecule has 0 radical (unpaired) electrons. The number of piperazine rings is 1. The van der Waals surface area contributed by atoms with Gasteiger partial charge >= 0.3 is 0 Å². The van der Waals surface area contributed by atoms with E-state index in [-0.39, 0.29) is 5.91 Å². The van der Waals surface area contributed by atoms with Gasteiger partial charge in [0.05, 0.1) is 15.7 Å². The first-order valence-electron chi connectivity index (χ1n) is 9.63. The van der Waals surface area contributed by atoms with Crippen molar-refractivity contribution in [1.82, 2.24) is 25.4 Å². The molecule has 0 atom stereocenters. The topological polar surface area (TPSA) is 98.6 Å². The summed E-state index contributed by atoms with van der Waals surface area (Å²) >= 11 is 1.56. The molecule has 4 heterocycles. The van der Waals surface area contributed by atoms with Gasteiger partial charge in [0.1, 0.15) is 5.70 Å². The fraction of sp³-hybridized carbons (Fsp3) is 0.250. The summed E-state index contributed by atoms with van der Waals surface area (Å²) in [5.74, 6) is 1.46. The molecule has 0 bridgehead atoms. The maximum Gasteiger partial charge on any atom is 0.276 e. The minimum atomic E-state index is -0.260. The standard InChI is InChI=1S/C20H20N8OS/c1-27-6-8-28(9-7-27)18-5-4-17(25-26-18)23-20-22-15(19(29)24-20)10-13-2-3-14-16(11-13)30-12-21-14/h2-5,10-12H,6-9H2,1H3,(H2,22,23,24,25,29)/b15-10-. The SMILES string of the molecule is CN1CCN(c2ccc(NC3=N/C(=C\c4ccc5ncsc5c4)C(=O)N3)nn2)CC1. The van der Waals surface area contributed by atoms with Gasteiger partial charge in [-0.05, 0) is 43.0 Å². The number of amides is 1. The minimum absolute atomic E-state index is 0.260. The molecule has 2 aliphatic rings. The molecule has 5 rings (SSSR count). The van der Waals surface area contributed by atoms with Crippen molar-refractivity contribution in [2.45, 2.75) is 0 Å². The van der Waals surface area contributed by atoms with E-state index < -0.39 is 0 Å². The van der Waals surface area contributed by atoms with Gasteiger partial charge in [-0.1, -0.05) is 6.07 Å². The van der Waals surface area contributed by atoms with E-state index in [4.69, 9.17) is 0 Å². The van der Waals surface area contributed by atoms with Crippen molar-refractivity contribution in [3.63, 3.8) is 0 Å². The van der Waals surface area contributed by atoms with Crippen LogP contribution in [0.5, 0.6) is 0 Å². The zero-order valence-electron chi connectivity index (χ0n) is 16.4. The first-order chi connectivity index (χ1) is 14.6. The van der Waals surface area contributed by atoms with E-state index in [0.717, 1.165) is 47.8 Å². The Hall–Kier alpha value is -3.37. The first kappa shape index (κ1) is 18.6. The summed E-state index contributed by atoms with van der Waals surface area (Å²) in [7, 11) is 2.12. The third-order valence-electron chi connectivity index (χ3n) is 5.08. The van der Waals surface area contributed by atoms with Crippen molar-refractivity contribution in [3.05, 3.63) is 47.1 Å². The molecule has 0 spiro atoms. The second kappa shape index (κ2) is 7.81. The molecule has 2 aromatic heterocycles. The summed E-state index contributed by atoms with van der Waals surface area (Å²) in [5, 5.41) is 14.3. The molecule has 2 N–H and O–H groups in total. The van der Waals surface area contributed by atoms with Crippen LogP contribution in [0.3, 0.4) is 0 Å². The number of guanidine groups is 1. The Bertz CT molecular complexity index is 1150. The van der Waals surface area contributed by atoms with Crippen molar-refractivity contribution in [3.8, 4) is 0 Å². The van der Waals surface area contributed by atoms with Crippen LogP contribution in [0.1, 0.15) is 5.56 Å². The van der Waals surface area contributed by atoms with E-state index in [1.54, 1.807) is 22.9 Å². The molecule has 1 amide bonds. The van der Waals surface area contributed by atoms with Crippen molar-refractivity contribution < 1.29 is 4.79 Å². The Labute approximate surface area is 177 Å². The van der Waals surface area contributed by atoms with Crippen LogP contribution in [-0.4, -0.2) is 65.2 Å². The number of benzene rings is 1. The van der Waals surface area contributed by atoms with Crippen LogP contribution in [0.4, 0.5) is 11.6 Å². The normalized spacial score (nSPS) is 18.7. The van der Waals surface area contributed by atoms with Crippen LogP contribution in [0, 0.1) is 0 Å². The lowest BCUT2D eigenvalue weighted by Gasteiger charge is -2.32. The van der Waals surface area contributed by atoms with Crippen molar-refractivity contribution in [2.24, 2.45) is 4.99 Å². The van der Waals surface area contributed by atoms with Gasteiger partial charge < -0.3 is 15.1 Å². The number of thiazole rings is 1. The highest BCUT2D eigenvalue weighted by atomic mass is 32.1. The lowest BCUT2D eigenvalue weighted by atomic mass is 10.2. The number of nitrogens with one attached hydrogen (secondary N) is 2. The molecule has 0 aliphatic carbocycles. The first-order valence-corrected chi connectivity index (χ1v) is 10.5. The quantitative estimate of drug-likeness (QED) is 0.623. The van der Waals surface area contributed by atoms with E-state index >= 15 is 0 Å². The fourth-order valence-corrected chi connectivity index (χ4v) is 4.09. The van der Waals surface area contributed by atoms with Gasteiger partial charge in [0.25, 0.3) is 5.91 Å². The van der Waals surface area contributed by atoms with Crippen LogP contribution >= 0.6 is 11.3 Å². The molecule has 0 saturated carbocycles. The number of aliphatic imine (C=N–C) groups is 1. The second-order valence-electron chi connectivity index (χ2n) is 7.22. The van der Waals surface area contributed by atoms with Gasteiger partial charge in [-0.15, -0.1) is 21.5 Å². The second-order valence-corrected chi connectivity index (χ2v) is 8.10. The van der Waals surface area contributed by atoms with E-state index in [9.17, 15) is 4.79 Å². The van der Waals surface area contributed by atoms with Crippen molar-refractivity contribution >= 4 is 51.1 Å². The maximum atomic E-state index is 12.3. The third kappa shape index (κ3) is 3.87. The Balaban J connectivity index is 1.28. The number of hydrogen-bond donors (Lipinski definition) is 2. The Kier molecular flexibility index (Phi) is 4.85. The molecule has 1 saturated heterocycles. The highest BCUT2D eigenvalue weighted by Gasteiger charge is 2.21. The zero-order chi connectivity index (χ0) is 20.5. The van der Waals surface area contributed by atoms with Crippen molar-refractivity contribution in [2.75, 3.05) is 43.4 Å². The van der Waals surface area contributed by atoms with Gasteiger partial charge in [0.15, 0.2) is 11.6 Å². The van der Waals surface area contributed by atoms with Gasteiger partial charge in [-0.25, -0.2) is 9.98 Å². The van der Waals surface area contributed by atoms with Crippen LogP contribution < -0.4 is 15.5 Å². The molecule has 9 nitrogen and oxygen atoms in total. The average Bonchev–Trinajstić information content (AvgIpc) is 3.35. The van der Waals surface area contributed by atoms with Gasteiger partial charge in [-0.3, -0.25) is 10.1 Å². The number of hydrogen-bond acceptors (Lipinski definition) is 9. The number of rotatable bonds is 3. The summed E-state index contributed by atoms with van der Waals surface area (Å²) in [6.07, 6.45) is 1.76. The highest BCUT2D eigenvalue weighted by Crippen LogP contribution is 2.21. The number of anilines is 2. The molecule has 1 aromatic carbocycles. The summed E-state index contributed by atoms with van der Waals surface area (Å²) in [5.41, 5.74) is 3.99.